The van der Waals surface area contributed by atoms with E-state index in [1.165, 1.54) is 94.6 Å². The lowest BCUT2D eigenvalue weighted by atomic mass is 9.91. The van der Waals surface area contributed by atoms with Gasteiger partial charge in [-0.3, -0.25) is 52.7 Å². The second-order valence-corrected chi connectivity index (χ2v) is 29.7. The molecule has 0 aliphatic carbocycles. The highest BCUT2D eigenvalue weighted by molar-refractivity contribution is 6.00. The van der Waals surface area contributed by atoms with Crippen molar-refractivity contribution in [3.63, 3.8) is 0 Å². The van der Waals surface area contributed by atoms with Crippen molar-refractivity contribution in [3.8, 4) is 0 Å². The zero-order chi connectivity index (χ0) is 75.2. The lowest BCUT2D eigenvalue weighted by Crippen LogP contribution is -2.64. The highest BCUT2D eigenvalue weighted by Gasteiger charge is 2.46. The molecule has 0 spiro atoms. The Morgan fingerprint density at radius 2 is 1.00 bits per heavy atom. The highest BCUT2D eigenvalue weighted by Crippen LogP contribution is 2.27. The molecule has 0 radical (unpaired) electrons. The molecule has 2 aliphatic rings. The van der Waals surface area contributed by atoms with E-state index in [0.717, 1.165) is 35.7 Å². The van der Waals surface area contributed by atoms with Crippen LogP contribution in [-0.2, 0) is 57.5 Å². The molecule has 0 unspecified atom stereocenters. The third-order valence-corrected chi connectivity index (χ3v) is 19.4. The van der Waals surface area contributed by atoms with Crippen LogP contribution in [0, 0.1) is 41.4 Å². The van der Waals surface area contributed by atoms with Crippen molar-refractivity contribution >= 4 is 71.1 Å². The summed E-state index contributed by atoms with van der Waals surface area (Å²) in [5, 5.41) is 26.2. The molecule has 2 aliphatic heterocycles. The number of allylic oxidation sites excluding steroid dienone is 2. The van der Waals surface area contributed by atoms with Gasteiger partial charge in [-0.25, -0.2) is 4.79 Å². The van der Waals surface area contributed by atoms with E-state index in [9.17, 15) is 33.9 Å². The first kappa shape index (κ1) is 87.2. The molecule has 14 atom stereocenters. The van der Waals surface area contributed by atoms with Gasteiger partial charge in [0.25, 0.3) is 0 Å². The SMILES string of the molecule is C/C=C/C[C@@H](C)[C@@H](O)[C@H]1C(=O)N[C@@H](CC)C(=O)N(C)[C@H](C)C(=O)N(C)[C@@H]([C@H](C)CCCOC(=O)NC2CCN(C)CC2)C(=O)N[C@@H](C(C)C)C(=O)N(C)[C@@H](CC(C)C)C(=O)N[C@@H](C)C(=O)N[C@H](C)C(=O)N(C)[C@@H](CC(C)C)C(=O)N(C)[C@@H](CC(C)C)C(=O)N(C)[C@@H](C(C)C)C(=O)N1C. The van der Waals surface area contributed by atoms with Crippen LogP contribution in [0.5, 0.6) is 0 Å². The number of piperidine rings is 1. The number of hydrogen-bond acceptors (Lipinski definition) is 15. The Balaban J connectivity index is 3.00. The zero-order valence-electron chi connectivity index (χ0n) is 64.0. The van der Waals surface area contributed by atoms with Gasteiger partial charge in [0.05, 0.1) is 12.7 Å². The van der Waals surface area contributed by atoms with Crippen molar-refractivity contribution in [1.82, 2.24) is 65.8 Å². The van der Waals surface area contributed by atoms with Crippen LogP contribution in [0.1, 0.15) is 175 Å². The van der Waals surface area contributed by atoms with E-state index in [-0.39, 0.29) is 75.3 Å². The van der Waals surface area contributed by atoms with Crippen LogP contribution in [-0.4, -0.2) is 270 Å². The third-order valence-electron chi connectivity index (χ3n) is 19.4. The number of ether oxygens (including phenoxy) is 1. The molecule has 2 saturated heterocycles. The zero-order valence-corrected chi connectivity index (χ0v) is 64.0. The summed E-state index contributed by atoms with van der Waals surface area (Å²) >= 11 is 0. The maximum Gasteiger partial charge on any atom is 0.407 e. The average Bonchev–Trinajstić information content (AvgIpc) is 0.805. The topological polar surface area (TPSA) is 320 Å². The summed E-state index contributed by atoms with van der Waals surface area (Å²) in [6.45, 7) is 30.8. The van der Waals surface area contributed by atoms with Crippen LogP contribution >= 0.6 is 0 Å². The van der Waals surface area contributed by atoms with E-state index >= 15 is 28.8 Å². The third kappa shape index (κ3) is 24.5. The smallest absolute Gasteiger partial charge is 0.407 e. The van der Waals surface area contributed by atoms with Gasteiger partial charge in [-0.1, -0.05) is 102 Å². The van der Waals surface area contributed by atoms with Crippen LogP contribution in [0.3, 0.4) is 0 Å². The number of likely N-dealkylation sites (tertiary alicyclic amines) is 1. The fourth-order valence-electron chi connectivity index (χ4n) is 12.9. The van der Waals surface area contributed by atoms with E-state index < -0.39 is 167 Å². The van der Waals surface area contributed by atoms with Gasteiger partial charge in [-0.05, 0) is 147 Å². The maximum absolute atomic E-state index is 15.3. The van der Waals surface area contributed by atoms with Crippen molar-refractivity contribution in [2.24, 2.45) is 41.4 Å². The van der Waals surface area contributed by atoms with E-state index in [1.807, 2.05) is 48.6 Å². The number of amides is 12. The lowest BCUT2D eigenvalue weighted by Gasteiger charge is -2.41. The molecule has 27 nitrogen and oxygen atoms in total. The van der Waals surface area contributed by atoms with Gasteiger partial charge < -0.3 is 75.6 Å². The van der Waals surface area contributed by atoms with Crippen molar-refractivity contribution in [1.29, 1.82) is 0 Å². The summed E-state index contributed by atoms with van der Waals surface area (Å²) in [4.78, 5) is 187. The standard InChI is InChI=1S/C71H127N13O14/c1-26-28-30-46(14)59(85)58-63(89)75-51(27-2)66(92)78(19)49(17)65(91)83(24)57(45(13)31-29-36-98-71(97)74-50-32-34-77(18)35-33-50)62(88)76-55(43(9)10)69(95)79(20)52(37-40(3)4)61(87)72-47(15)60(86)73-48(16)64(90)80(21)53(38-41(5)6)67(93)81(22)54(39-42(7)8)68(94)82(23)56(44(11)12)70(96)84(58)25/h26,28,40-59,85H,27,29-39H2,1-25H3,(H,72,87)(H,73,86)(H,74,97)(H,75,89)(H,76,88)/b28-26+/t45-,46-,47+,48-,49-,51+,52+,53+,54+,55+,56+,57+,58+,59-/m1/s1. The first-order valence-corrected chi connectivity index (χ1v) is 35.5. The van der Waals surface area contributed by atoms with Gasteiger partial charge in [0.2, 0.25) is 65.0 Å². The molecular weight excluding hydrogens is 1260 g/mol. The molecule has 27 heteroatoms. The number of likely N-dealkylation sites (N-methyl/N-ethyl adjacent to an activating group) is 7. The molecule has 560 valence electrons. The minimum atomic E-state index is -1.65. The first-order valence-electron chi connectivity index (χ1n) is 35.5. The quantitative estimate of drug-likeness (QED) is 0.0791. The Bertz CT molecular complexity index is 2720. The average molecular weight is 1390 g/mol. The molecule has 0 aromatic rings. The van der Waals surface area contributed by atoms with Crippen LogP contribution in [0.2, 0.25) is 0 Å². The Labute approximate surface area is 585 Å². The molecule has 0 saturated carbocycles. The Morgan fingerprint density at radius 1 is 0.531 bits per heavy atom. The Morgan fingerprint density at radius 3 is 1.50 bits per heavy atom. The number of carbonyl (C=O) groups excluding carboxylic acids is 12. The molecule has 2 rings (SSSR count). The van der Waals surface area contributed by atoms with Crippen LogP contribution in [0.25, 0.3) is 0 Å². The van der Waals surface area contributed by atoms with Gasteiger partial charge in [-0.2, -0.15) is 0 Å². The predicted octanol–water partition coefficient (Wildman–Crippen LogP) is 3.85. The number of hydrogen-bond donors (Lipinski definition) is 6. The first-order chi connectivity index (χ1) is 45.5. The van der Waals surface area contributed by atoms with Crippen molar-refractivity contribution in [2.45, 2.75) is 254 Å². The molecule has 12 amide bonds. The van der Waals surface area contributed by atoms with Crippen molar-refractivity contribution in [2.75, 3.05) is 76.1 Å². The summed E-state index contributed by atoms with van der Waals surface area (Å²) in [6, 6.07) is -14.3. The lowest BCUT2D eigenvalue weighted by molar-refractivity contribution is -0.157. The summed E-state index contributed by atoms with van der Waals surface area (Å²) in [5.74, 6) is -10.9. The predicted molar refractivity (Wildman–Crippen MR) is 377 cm³/mol. The summed E-state index contributed by atoms with van der Waals surface area (Å²) in [5.41, 5.74) is 0. The minimum Gasteiger partial charge on any atom is -0.450 e. The molecule has 0 aromatic carbocycles. The number of aliphatic hydroxyl groups is 1. The van der Waals surface area contributed by atoms with Crippen molar-refractivity contribution < 1.29 is 67.4 Å². The largest absolute Gasteiger partial charge is 0.450 e. The fourth-order valence-corrected chi connectivity index (χ4v) is 12.9. The summed E-state index contributed by atoms with van der Waals surface area (Å²) < 4.78 is 5.58. The Kier molecular flexibility index (Phi) is 35.9. The van der Waals surface area contributed by atoms with Gasteiger partial charge in [-0.15, -0.1) is 0 Å². The monoisotopic (exact) mass is 1390 g/mol. The molecular formula is C71H127N13O14. The van der Waals surface area contributed by atoms with E-state index in [2.05, 4.69) is 31.5 Å². The maximum atomic E-state index is 15.3. The van der Waals surface area contributed by atoms with Gasteiger partial charge in [0, 0.05) is 55.4 Å². The molecule has 0 bridgehead atoms. The van der Waals surface area contributed by atoms with Gasteiger partial charge >= 0.3 is 6.09 Å². The molecule has 2 heterocycles. The van der Waals surface area contributed by atoms with Crippen molar-refractivity contribution in [3.05, 3.63) is 12.2 Å². The van der Waals surface area contributed by atoms with Crippen LogP contribution < -0.4 is 26.6 Å². The van der Waals surface area contributed by atoms with E-state index in [4.69, 9.17) is 4.74 Å². The van der Waals surface area contributed by atoms with Crippen LogP contribution in [0.4, 0.5) is 4.79 Å². The summed E-state index contributed by atoms with van der Waals surface area (Å²) in [7, 11) is 11.9. The second kappa shape index (κ2) is 40.4. The number of nitrogens with zero attached hydrogens (tertiary/aromatic N) is 8. The number of nitrogens with one attached hydrogen (secondary N) is 5. The highest BCUT2D eigenvalue weighted by atomic mass is 16.5. The van der Waals surface area contributed by atoms with Crippen LogP contribution in [0.15, 0.2) is 12.2 Å². The number of carbonyl (C=O) groups is 12. The fraction of sp³-hybridized carbons (Fsp3) is 0.803. The molecule has 98 heavy (non-hydrogen) atoms. The van der Waals surface area contributed by atoms with E-state index in [1.54, 1.807) is 67.5 Å². The van der Waals surface area contributed by atoms with E-state index in [0.29, 0.717) is 0 Å². The number of aliphatic hydroxyl groups excluding tert-OH is 1. The molecule has 2 fully saturated rings. The molecule has 6 N–H and O–H groups in total. The normalized spacial score (nSPS) is 27.2. The van der Waals surface area contributed by atoms with Gasteiger partial charge in [0.15, 0.2) is 0 Å². The number of rotatable bonds is 19. The van der Waals surface area contributed by atoms with Gasteiger partial charge in [0.1, 0.15) is 66.5 Å². The molecule has 0 aromatic heterocycles. The summed E-state index contributed by atoms with van der Waals surface area (Å²) in [6.07, 6.45) is 4.12. The Hall–Kier alpha value is -6.90. The number of alkyl carbamates (subject to hydrolysis) is 1. The minimum absolute atomic E-state index is 0.0243. The second-order valence-electron chi connectivity index (χ2n) is 29.7.